The Morgan fingerprint density at radius 2 is 1.93 bits per heavy atom. The van der Waals surface area contributed by atoms with E-state index in [4.69, 9.17) is 5.73 Å². The van der Waals surface area contributed by atoms with Gasteiger partial charge in [-0.2, -0.15) is 5.10 Å². The van der Waals surface area contributed by atoms with Gasteiger partial charge < -0.3 is 11.1 Å². The summed E-state index contributed by atoms with van der Waals surface area (Å²) >= 11 is 0. The quantitative estimate of drug-likeness (QED) is 0.767. The van der Waals surface area contributed by atoms with Gasteiger partial charge in [-0.15, -0.1) is 5.10 Å². The third-order valence-corrected chi connectivity index (χ3v) is 1.90. The molecule has 1 heterocycles. The van der Waals surface area contributed by atoms with Crippen LogP contribution in [0.1, 0.15) is 11.4 Å². The Hall–Kier alpha value is -1.37. The monoisotopic (exact) mass is 217 g/mol. The van der Waals surface area contributed by atoms with Crippen molar-refractivity contribution in [2.45, 2.75) is 19.8 Å². The van der Waals surface area contributed by atoms with Gasteiger partial charge in [0, 0.05) is 0 Å². The zero-order chi connectivity index (χ0) is 11.5. The van der Waals surface area contributed by atoms with Crippen molar-refractivity contribution in [1.29, 1.82) is 0 Å². The molecule has 0 fully saturated rings. The lowest BCUT2D eigenvalue weighted by Crippen LogP contribution is -2.35. The Bertz CT molecular complexity index is 342. The van der Waals surface area contributed by atoms with E-state index >= 15 is 0 Å². The first-order chi connectivity index (χ1) is 6.94. The van der Waals surface area contributed by atoms with Crippen LogP contribution in [0.25, 0.3) is 0 Å². The van der Waals surface area contributed by atoms with Crippen LogP contribution in [-0.2, 0) is 0 Å². The first-order valence-corrected chi connectivity index (χ1v) is 4.44. The lowest BCUT2D eigenvalue weighted by atomic mass is 10.3. The molecule has 0 aliphatic carbocycles. The SMILES string of the molecule is Cc1nnc(NCC(F)(F)CN)nc1C. The van der Waals surface area contributed by atoms with E-state index in [9.17, 15) is 8.78 Å². The van der Waals surface area contributed by atoms with Crippen LogP contribution in [0.4, 0.5) is 14.7 Å². The molecule has 0 radical (unpaired) electrons. The van der Waals surface area contributed by atoms with Gasteiger partial charge >= 0.3 is 0 Å². The maximum atomic E-state index is 12.8. The second-order valence-corrected chi connectivity index (χ2v) is 3.22. The summed E-state index contributed by atoms with van der Waals surface area (Å²) in [7, 11) is 0. The lowest BCUT2D eigenvalue weighted by molar-refractivity contribution is 0.0252. The molecule has 84 valence electrons. The first-order valence-electron chi connectivity index (χ1n) is 4.44. The molecule has 0 saturated heterocycles. The standard InChI is InChI=1S/C8H13F2N5/c1-5-6(2)14-15-7(13-5)12-4-8(9,10)3-11/h3-4,11H2,1-2H3,(H,12,13,15). The van der Waals surface area contributed by atoms with E-state index in [0.717, 1.165) is 0 Å². The zero-order valence-electron chi connectivity index (χ0n) is 8.59. The molecule has 15 heavy (non-hydrogen) atoms. The number of rotatable bonds is 4. The molecule has 1 aromatic rings. The Balaban J connectivity index is 2.62. The number of aromatic nitrogens is 3. The fourth-order valence-corrected chi connectivity index (χ4v) is 0.812. The zero-order valence-corrected chi connectivity index (χ0v) is 8.59. The number of nitrogens with one attached hydrogen (secondary N) is 1. The number of alkyl halides is 2. The van der Waals surface area contributed by atoms with E-state index in [0.29, 0.717) is 11.4 Å². The van der Waals surface area contributed by atoms with Gasteiger partial charge in [-0.1, -0.05) is 0 Å². The van der Waals surface area contributed by atoms with Gasteiger partial charge in [0.2, 0.25) is 5.95 Å². The molecular weight excluding hydrogens is 204 g/mol. The Morgan fingerprint density at radius 1 is 1.27 bits per heavy atom. The maximum absolute atomic E-state index is 12.8. The van der Waals surface area contributed by atoms with Crippen LogP contribution in [0.3, 0.4) is 0 Å². The molecule has 0 saturated carbocycles. The first kappa shape index (κ1) is 11.7. The van der Waals surface area contributed by atoms with E-state index < -0.39 is 19.0 Å². The molecule has 0 bridgehead atoms. The molecule has 7 heteroatoms. The Kier molecular flexibility index (Phi) is 3.46. The molecule has 3 N–H and O–H groups in total. The molecule has 0 spiro atoms. The van der Waals surface area contributed by atoms with Crippen molar-refractivity contribution in [3.63, 3.8) is 0 Å². The van der Waals surface area contributed by atoms with Crippen LogP contribution in [-0.4, -0.2) is 34.2 Å². The van der Waals surface area contributed by atoms with Crippen molar-refractivity contribution in [1.82, 2.24) is 15.2 Å². The smallest absolute Gasteiger partial charge is 0.277 e. The third kappa shape index (κ3) is 3.35. The molecule has 5 nitrogen and oxygen atoms in total. The van der Waals surface area contributed by atoms with Gasteiger partial charge in [0.25, 0.3) is 5.92 Å². The molecule has 0 aromatic carbocycles. The molecule has 0 aliphatic rings. The average Bonchev–Trinajstić information content (AvgIpc) is 2.20. The van der Waals surface area contributed by atoms with Gasteiger partial charge in [-0.05, 0) is 13.8 Å². The van der Waals surface area contributed by atoms with E-state index in [1.54, 1.807) is 13.8 Å². The molecule has 0 aliphatic heterocycles. The van der Waals surface area contributed by atoms with Gasteiger partial charge in [0.1, 0.15) is 0 Å². The van der Waals surface area contributed by atoms with Crippen LogP contribution in [0.15, 0.2) is 0 Å². The van der Waals surface area contributed by atoms with E-state index in [2.05, 4.69) is 20.5 Å². The molecular formula is C8H13F2N5. The van der Waals surface area contributed by atoms with Gasteiger partial charge in [-0.3, -0.25) is 0 Å². The summed E-state index contributed by atoms with van der Waals surface area (Å²) in [5.74, 6) is -2.87. The minimum atomic E-state index is -2.96. The summed E-state index contributed by atoms with van der Waals surface area (Å²) in [6.45, 7) is 2.18. The van der Waals surface area contributed by atoms with Crippen molar-refractivity contribution in [2.75, 3.05) is 18.4 Å². The fourth-order valence-electron chi connectivity index (χ4n) is 0.812. The van der Waals surface area contributed by atoms with Crippen molar-refractivity contribution >= 4 is 5.95 Å². The molecule has 1 rings (SSSR count). The summed E-state index contributed by atoms with van der Waals surface area (Å²) < 4.78 is 25.5. The number of hydrogen-bond acceptors (Lipinski definition) is 5. The second-order valence-electron chi connectivity index (χ2n) is 3.22. The lowest BCUT2D eigenvalue weighted by Gasteiger charge is -2.14. The molecule has 1 aromatic heterocycles. The molecule has 0 unspecified atom stereocenters. The Labute approximate surface area is 86.1 Å². The summed E-state index contributed by atoms with van der Waals surface area (Å²) in [6, 6.07) is 0. The van der Waals surface area contributed by atoms with E-state index in [1.165, 1.54) is 0 Å². The van der Waals surface area contributed by atoms with E-state index in [1.807, 2.05) is 0 Å². The second kappa shape index (κ2) is 4.43. The van der Waals surface area contributed by atoms with Crippen molar-refractivity contribution in [2.24, 2.45) is 5.73 Å². The highest BCUT2D eigenvalue weighted by Crippen LogP contribution is 2.11. The maximum Gasteiger partial charge on any atom is 0.277 e. The number of nitrogens with two attached hydrogens (primary N) is 1. The fraction of sp³-hybridized carbons (Fsp3) is 0.625. The van der Waals surface area contributed by atoms with Gasteiger partial charge in [0.15, 0.2) is 0 Å². The molecule has 0 atom stereocenters. The normalized spacial score (nSPS) is 11.5. The number of hydrogen-bond donors (Lipinski definition) is 2. The van der Waals surface area contributed by atoms with Crippen LogP contribution >= 0.6 is 0 Å². The minimum absolute atomic E-state index is 0.0891. The number of halogens is 2. The number of anilines is 1. The summed E-state index contributed by atoms with van der Waals surface area (Å²) in [4.78, 5) is 3.95. The molecule has 0 amide bonds. The number of nitrogens with zero attached hydrogens (tertiary/aromatic N) is 3. The Morgan fingerprint density at radius 3 is 2.47 bits per heavy atom. The van der Waals surface area contributed by atoms with Crippen LogP contribution < -0.4 is 11.1 Å². The highest BCUT2D eigenvalue weighted by Gasteiger charge is 2.26. The number of aryl methyl sites for hydroxylation is 2. The van der Waals surface area contributed by atoms with Crippen LogP contribution in [0.5, 0.6) is 0 Å². The van der Waals surface area contributed by atoms with Crippen molar-refractivity contribution in [3.8, 4) is 0 Å². The summed E-state index contributed by atoms with van der Waals surface area (Å²) in [6.07, 6.45) is 0. The van der Waals surface area contributed by atoms with Crippen molar-refractivity contribution < 1.29 is 8.78 Å². The van der Waals surface area contributed by atoms with Crippen molar-refractivity contribution in [3.05, 3.63) is 11.4 Å². The topological polar surface area (TPSA) is 76.7 Å². The van der Waals surface area contributed by atoms with Crippen LogP contribution in [0, 0.1) is 13.8 Å². The average molecular weight is 217 g/mol. The third-order valence-electron chi connectivity index (χ3n) is 1.90. The van der Waals surface area contributed by atoms with E-state index in [-0.39, 0.29) is 5.95 Å². The minimum Gasteiger partial charge on any atom is -0.347 e. The highest BCUT2D eigenvalue weighted by molar-refractivity contribution is 5.25. The van der Waals surface area contributed by atoms with Gasteiger partial charge in [-0.25, -0.2) is 13.8 Å². The summed E-state index contributed by atoms with van der Waals surface area (Å²) in [5, 5.41) is 9.77. The van der Waals surface area contributed by atoms with Gasteiger partial charge in [0.05, 0.1) is 24.5 Å². The van der Waals surface area contributed by atoms with Crippen LogP contribution in [0.2, 0.25) is 0 Å². The predicted molar refractivity (Wildman–Crippen MR) is 51.8 cm³/mol. The predicted octanol–water partition coefficient (Wildman–Crippen LogP) is 0.494. The summed E-state index contributed by atoms with van der Waals surface area (Å²) in [5.41, 5.74) is 6.21. The highest BCUT2D eigenvalue weighted by atomic mass is 19.3. The largest absolute Gasteiger partial charge is 0.347 e.